The molecule has 1 aromatic rings. The van der Waals surface area contributed by atoms with Crippen molar-refractivity contribution in [1.29, 1.82) is 0 Å². The molecule has 1 fully saturated rings. The van der Waals surface area contributed by atoms with Crippen LogP contribution in [0.25, 0.3) is 0 Å². The predicted molar refractivity (Wildman–Crippen MR) is 143 cm³/mol. The quantitative estimate of drug-likeness (QED) is 0.201. The van der Waals surface area contributed by atoms with Crippen molar-refractivity contribution in [2.45, 2.75) is 32.8 Å². The van der Waals surface area contributed by atoms with Gasteiger partial charge in [0.15, 0.2) is 11.6 Å². The molecule has 7 nitrogen and oxygen atoms in total. The van der Waals surface area contributed by atoms with Crippen LogP contribution in [0.15, 0.2) is 58.1 Å². The number of likely N-dealkylation sites (N-methyl/N-ethyl adjacent to an activating group) is 1. The van der Waals surface area contributed by atoms with Crippen molar-refractivity contribution in [1.82, 2.24) is 0 Å². The topological polar surface area (TPSA) is 63.5 Å². The zero-order valence-corrected chi connectivity index (χ0v) is 22.7. The van der Waals surface area contributed by atoms with E-state index in [1.807, 2.05) is 20.9 Å². The molecule has 1 atom stereocenters. The Morgan fingerprint density at radius 3 is 2.58 bits per heavy atom. The Balaban J connectivity index is 1.76. The van der Waals surface area contributed by atoms with Crippen molar-refractivity contribution < 1.29 is 23.1 Å². The van der Waals surface area contributed by atoms with Gasteiger partial charge < -0.3 is 14.4 Å². The molecule has 0 N–H and O–H groups in total. The van der Waals surface area contributed by atoms with E-state index in [9.17, 15) is 9.18 Å². The second-order valence-electron chi connectivity index (χ2n) is 9.10. The number of ether oxygens (including phenoxy) is 2. The Morgan fingerprint density at radius 2 is 1.97 bits per heavy atom. The van der Waals surface area contributed by atoms with Gasteiger partial charge in [-0.25, -0.2) is 19.2 Å². The van der Waals surface area contributed by atoms with Gasteiger partial charge in [-0.3, -0.25) is 4.48 Å². The first-order valence-electron chi connectivity index (χ1n) is 11.6. The van der Waals surface area contributed by atoms with Crippen LogP contribution in [0.4, 0.5) is 10.1 Å². The molecule has 10 heteroatoms. The predicted octanol–water partition coefficient (Wildman–Crippen LogP) is 5.75. The molecule has 0 spiro atoms. The van der Waals surface area contributed by atoms with E-state index in [1.165, 1.54) is 12.4 Å². The average molecular weight is 538 g/mol. The van der Waals surface area contributed by atoms with Crippen molar-refractivity contribution in [3.63, 3.8) is 0 Å². The van der Waals surface area contributed by atoms with E-state index in [0.717, 1.165) is 12.8 Å². The summed E-state index contributed by atoms with van der Waals surface area (Å²) in [5, 5.41) is 0.00820. The highest BCUT2D eigenvalue weighted by Gasteiger charge is 2.36. The summed E-state index contributed by atoms with van der Waals surface area (Å²) in [7, 11) is 5.21. The maximum absolute atomic E-state index is 14.8. The Labute approximate surface area is 221 Å². The summed E-state index contributed by atoms with van der Waals surface area (Å²) >= 11 is 11.9. The number of piperidine rings is 1. The molecule has 0 aliphatic carbocycles. The Hall–Kier alpha value is -2.68. The van der Waals surface area contributed by atoms with Crippen LogP contribution in [0.1, 0.15) is 26.7 Å². The third-order valence-corrected chi connectivity index (χ3v) is 7.51. The number of likely N-dealkylation sites (tertiary alicyclic amines) is 1. The van der Waals surface area contributed by atoms with Crippen LogP contribution >= 0.6 is 23.2 Å². The van der Waals surface area contributed by atoms with Crippen LogP contribution in [0.3, 0.4) is 0 Å². The maximum atomic E-state index is 14.8. The molecule has 0 saturated carbocycles. The van der Waals surface area contributed by atoms with Gasteiger partial charge in [0.05, 0.1) is 54.6 Å². The molecule has 0 radical (unpaired) electrons. The molecule has 1 amide bonds. The van der Waals surface area contributed by atoms with Crippen molar-refractivity contribution >= 4 is 47.0 Å². The molecule has 2 heterocycles. The van der Waals surface area contributed by atoms with Crippen molar-refractivity contribution in [3.8, 4) is 0 Å². The van der Waals surface area contributed by atoms with Crippen LogP contribution in [0.5, 0.6) is 0 Å². The van der Waals surface area contributed by atoms with Crippen LogP contribution in [-0.2, 0) is 14.3 Å². The number of halogens is 3. The number of benzene rings is 1. The minimum absolute atomic E-state index is 0.0227. The van der Waals surface area contributed by atoms with Gasteiger partial charge in [-0.05, 0) is 26.0 Å². The molecular weight excluding hydrogens is 506 g/mol. The Morgan fingerprint density at radius 1 is 1.31 bits per heavy atom. The molecule has 2 aliphatic heterocycles. The average Bonchev–Trinajstić information content (AvgIpc) is 2.87. The number of allylic oxidation sites excluding steroid dienone is 2. The van der Waals surface area contributed by atoms with Crippen LogP contribution in [0, 0.1) is 11.7 Å². The van der Waals surface area contributed by atoms with Gasteiger partial charge >= 0.3 is 5.91 Å². The summed E-state index contributed by atoms with van der Waals surface area (Å²) in [5.41, 5.74) is 0.931. The van der Waals surface area contributed by atoms with Crippen LogP contribution in [-0.4, -0.2) is 63.0 Å². The highest BCUT2D eigenvalue weighted by atomic mass is 35.5. The lowest BCUT2D eigenvalue weighted by molar-refractivity contribution is -0.838. The fourth-order valence-electron chi connectivity index (χ4n) is 4.37. The van der Waals surface area contributed by atoms with Gasteiger partial charge in [-0.2, -0.15) is 0 Å². The van der Waals surface area contributed by atoms with E-state index >= 15 is 0 Å². The standard InChI is InChI=1S/C26H32Cl2FN4O3/c1-7-23(34)33(5)12-10-18(11-13-33)36-17(3)22(35-6)14-20-16(2)26(31-15-30-20)32(4)21-9-8-19(27)24(28)25(21)29/h7-9,14-16,18H,1,10-13H2,2-6H3/q+1. The van der Waals surface area contributed by atoms with Crippen LogP contribution in [0.2, 0.25) is 10.0 Å². The smallest absolute Gasteiger partial charge is 0.337 e. The summed E-state index contributed by atoms with van der Waals surface area (Å²) < 4.78 is 26.9. The number of quaternary nitrogens is 1. The first kappa shape index (κ1) is 27.9. The number of hydrogen-bond donors (Lipinski definition) is 0. The van der Waals surface area contributed by atoms with E-state index in [1.54, 1.807) is 37.3 Å². The number of carbonyl (C=O) groups excluding carboxylic acids is 1. The molecule has 36 heavy (non-hydrogen) atoms. The number of carbonyl (C=O) groups is 1. The number of nitrogens with zero attached hydrogens (tertiary/aromatic N) is 4. The zero-order chi connectivity index (χ0) is 26.6. The Kier molecular flexibility index (Phi) is 8.98. The fourth-order valence-corrected chi connectivity index (χ4v) is 4.67. The third-order valence-electron chi connectivity index (χ3n) is 6.73. The molecule has 0 aromatic heterocycles. The van der Waals surface area contributed by atoms with Gasteiger partial charge in [-0.1, -0.05) is 29.8 Å². The lowest BCUT2D eigenvalue weighted by atomic mass is 10.0. The van der Waals surface area contributed by atoms with E-state index in [4.69, 9.17) is 32.7 Å². The molecule has 2 aliphatic rings. The number of amides is 1. The molecule has 194 valence electrons. The molecular formula is C26H32Cl2FN4O3+. The van der Waals surface area contributed by atoms with Gasteiger partial charge in [0.2, 0.25) is 0 Å². The minimum atomic E-state index is -0.617. The summed E-state index contributed by atoms with van der Waals surface area (Å²) in [6.07, 6.45) is 6.07. The lowest BCUT2D eigenvalue weighted by Crippen LogP contribution is -2.54. The first-order valence-corrected chi connectivity index (χ1v) is 12.4. The molecule has 3 rings (SSSR count). The first-order chi connectivity index (χ1) is 17.0. The number of methoxy groups -OCH3 is 1. The van der Waals surface area contributed by atoms with Crippen molar-refractivity contribution in [3.05, 3.63) is 63.9 Å². The van der Waals surface area contributed by atoms with E-state index in [2.05, 4.69) is 16.6 Å². The second kappa shape index (κ2) is 11.6. The highest BCUT2D eigenvalue weighted by molar-refractivity contribution is 6.42. The number of aliphatic imine (C=N–C) groups is 2. The van der Waals surface area contributed by atoms with Crippen molar-refractivity contribution in [2.75, 3.05) is 39.2 Å². The summed E-state index contributed by atoms with van der Waals surface area (Å²) in [6, 6.07) is 3.10. The fraction of sp³-hybridized carbons (Fsp3) is 0.423. The van der Waals surface area contributed by atoms with Crippen LogP contribution < -0.4 is 4.90 Å². The number of anilines is 1. The highest BCUT2D eigenvalue weighted by Crippen LogP contribution is 2.33. The monoisotopic (exact) mass is 537 g/mol. The minimum Gasteiger partial charge on any atom is -0.493 e. The molecule has 0 bridgehead atoms. The van der Waals surface area contributed by atoms with E-state index < -0.39 is 5.82 Å². The number of hydrogen-bond acceptors (Lipinski definition) is 6. The molecule has 1 saturated heterocycles. The number of amidine groups is 1. The SMILES string of the molecule is C=CC(=O)[N+]1(C)CCC(OC(C)=C(C=C2N=CN=C(N(C)c3ccc(Cl)c(Cl)c3F)C2C)OC)CC1. The third kappa shape index (κ3) is 5.82. The molecule has 1 aromatic carbocycles. The van der Waals surface area contributed by atoms with E-state index in [-0.39, 0.29) is 33.7 Å². The maximum Gasteiger partial charge on any atom is 0.337 e. The molecule has 1 unspecified atom stereocenters. The normalized spacial score (nSPS) is 25.7. The van der Waals surface area contributed by atoms with Gasteiger partial charge in [0.25, 0.3) is 0 Å². The Bertz CT molecular complexity index is 1150. The largest absolute Gasteiger partial charge is 0.493 e. The second-order valence-corrected chi connectivity index (χ2v) is 9.89. The van der Waals surface area contributed by atoms with Gasteiger partial charge in [-0.15, -0.1) is 0 Å². The number of rotatable bonds is 6. The summed E-state index contributed by atoms with van der Waals surface area (Å²) in [4.78, 5) is 22.6. The van der Waals surface area contributed by atoms with E-state index in [0.29, 0.717) is 40.6 Å². The summed E-state index contributed by atoms with van der Waals surface area (Å²) in [5.74, 6) is 0.868. The lowest BCUT2D eigenvalue weighted by Gasteiger charge is -2.37. The van der Waals surface area contributed by atoms with Gasteiger partial charge in [0.1, 0.15) is 24.0 Å². The summed E-state index contributed by atoms with van der Waals surface area (Å²) in [6.45, 7) is 8.75. The van der Waals surface area contributed by atoms with Gasteiger partial charge in [0, 0.05) is 32.0 Å². The zero-order valence-electron chi connectivity index (χ0n) is 21.2. The van der Waals surface area contributed by atoms with Crippen molar-refractivity contribution in [2.24, 2.45) is 15.9 Å².